The molecule has 32 heavy (non-hydrogen) atoms. The minimum atomic E-state index is -0.707. The third-order valence-corrected chi connectivity index (χ3v) is 6.59. The summed E-state index contributed by atoms with van der Waals surface area (Å²) in [5.74, 6) is -0.129. The van der Waals surface area contributed by atoms with Gasteiger partial charge in [0.15, 0.2) is 6.61 Å². The van der Waals surface area contributed by atoms with Gasteiger partial charge >= 0.3 is 0 Å². The molecule has 0 radical (unpaired) electrons. The van der Waals surface area contributed by atoms with Crippen LogP contribution in [0.4, 0.5) is 0 Å². The molecule has 2 atom stereocenters. The van der Waals surface area contributed by atoms with Crippen molar-refractivity contribution in [3.05, 3.63) is 61.5 Å². The lowest BCUT2D eigenvalue weighted by molar-refractivity contribution is -0.143. The van der Waals surface area contributed by atoms with Gasteiger partial charge in [0.2, 0.25) is 5.91 Å². The van der Waals surface area contributed by atoms with Crippen molar-refractivity contribution < 1.29 is 14.3 Å². The summed E-state index contributed by atoms with van der Waals surface area (Å²) in [7, 11) is 0. The van der Waals surface area contributed by atoms with E-state index in [1.54, 1.807) is 36.4 Å². The van der Waals surface area contributed by atoms with Crippen LogP contribution in [0.3, 0.4) is 0 Å². The zero-order valence-corrected chi connectivity index (χ0v) is 22.0. The van der Waals surface area contributed by atoms with Gasteiger partial charge < -0.3 is 15.0 Å². The molecule has 2 amide bonds. The van der Waals surface area contributed by atoms with E-state index >= 15 is 0 Å². The van der Waals surface area contributed by atoms with Crippen LogP contribution < -0.4 is 10.1 Å². The standard InChI is InChI=1S/C23H26BrCl3N2O3/c1-4-14(3)28-23(31)20(5-2)29(12-16-18(26)7-6-8-19(16)27)22(30)13-32-21-10-9-15(25)11-17(21)24/h6-11,14,20H,4-5,12-13H2,1-3H3,(H,28,31). The van der Waals surface area contributed by atoms with Gasteiger partial charge in [-0.05, 0) is 66.0 Å². The summed E-state index contributed by atoms with van der Waals surface area (Å²) in [4.78, 5) is 27.7. The van der Waals surface area contributed by atoms with Crippen LogP contribution in [0.1, 0.15) is 39.2 Å². The van der Waals surface area contributed by atoms with Crippen molar-refractivity contribution in [2.24, 2.45) is 0 Å². The molecule has 0 aromatic heterocycles. The average Bonchev–Trinajstić information content (AvgIpc) is 2.74. The lowest BCUT2D eigenvalue weighted by Crippen LogP contribution is -2.51. The zero-order valence-electron chi connectivity index (χ0n) is 18.1. The molecule has 0 aliphatic heterocycles. The maximum absolute atomic E-state index is 13.3. The highest BCUT2D eigenvalue weighted by Crippen LogP contribution is 2.29. The monoisotopic (exact) mass is 562 g/mol. The van der Waals surface area contributed by atoms with Gasteiger partial charge in [0.25, 0.3) is 5.91 Å². The number of halogens is 4. The zero-order chi connectivity index (χ0) is 23.8. The smallest absolute Gasteiger partial charge is 0.261 e. The summed E-state index contributed by atoms with van der Waals surface area (Å²) < 4.78 is 6.34. The van der Waals surface area contributed by atoms with Crippen LogP contribution >= 0.6 is 50.7 Å². The largest absolute Gasteiger partial charge is 0.483 e. The number of ether oxygens (including phenoxy) is 1. The molecule has 1 N–H and O–H groups in total. The highest BCUT2D eigenvalue weighted by molar-refractivity contribution is 9.10. The minimum Gasteiger partial charge on any atom is -0.483 e. The molecule has 0 aliphatic carbocycles. The Morgan fingerprint density at radius 3 is 2.31 bits per heavy atom. The van der Waals surface area contributed by atoms with Gasteiger partial charge in [-0.2, -0.15) is 0 Å². The number of amides is 2. The average molecular weight is 565 g/mol. The molecule has 0 bridgehead atoms. The number of hydrogen-bond acceptors (Lipinski definition) is 3. The van der Waals surface area contributed by atoms with Crippen molar-refractivity contribution in [3.8, 4) is 5.75 Å². The summed E-state index contributed by atoms with van der Waals surface area (Å²) in [6.45, 7) is 5.56. The Kier molecular flexibility index (Phi) is 10.6. The Morgan fingerprint density at radius 1 is 1.09 bits per heavy atom. The van der Waals surface area contributed by atoms with Crippen molar-refractivity contribution in [1.82, 2.24) is 10.2 Å². The first-order chi connectivity index (χ1) is 15.2. The molecule has 0 fully saturated rings. The van der Waals surface area contributed by atoms with E-state index in [1.165, 1.54) is 4.90 Å². The molecule has 5 nitrogen and oxygen atoms in total. The van der Waals surface area contributed by atoms with E-state index in [-0.39, 0.29) is 31.0 Å². The van der Waals surface area contributed by atoms with Gasteiger partial charge in [-0.15, -0.1) is 0 Å². The second-order valence-electron chi connectivity index (χ2n) is 7.33. The van der Waals surface area contributed by atoms with Crippen molar-refractivity contribution in [2.75, 3.05) is 6.61 Å². The molecule has 0 heterocycles. The van der Waals surface area contributed by atoms with Gasteiger partial charge in [0.05, 0.1) is 4.47 Å². The number of carbonyl (C=O) groups excluding carboxylic acids is 2. The Labute approximate surface area is 212 Å². The molecule has 174 valence electrons. The lowest BCUT2D eigenvalue weighted by Gasteiger charge is -2.32. The van der Waals surface area contributed by atoms with Gasteiger partial charge in [0.1, 0.15) is 11.8 Å². The van der Waals surface area contributed by atoms with Crippen LogP contribution in [-0.2, 0) is 16.1 Å². The van der Waals surface area contributed by atoms with Crippen LogP contribution in [0.2, 0.25) is 15.1 Å². The molecule has 2 rings (SSSR count). The van der Waals surface area contributed by atoms with Gasteiger partial charge in [-0.1, -0.05) is 54.7 Å². The predicted octanol–water partition coefficient (Wildman–Crippen LogP) is 6.51. The SMILES string of the molecule is CCC(C)NC(=O)C(CC)N(Cc1c(Cl)cccc1Cl)C(=O)COc1ccc(Cl)cc1Br. The van der Waals surface area contributed by atoms with Gasteiger partial charge in [0, 0.05) is 33.2 Å². The molecule has 0 aliphatic rings. The first-order valence-corrected chi connectivity index (χ1v) is 12.2. The quantitative estimate of drug-likeness (QED) is 0.358. The maximum Gasteiger partial charge on any atom is 0.261 e. The summed E-state index contributed by atoms with van der Waals surface area (Å²) >= 11 is 22.0. The van der Waals surface area contributed by atoms with Crippen molar-refractivity contribution in [2.45, 2.75) is 52.2 Å². The first-order valence-electron chi connectivity index (χ1n) is 10.3. The summed E-state index contributed by atoms with van der Waals surface area (Å²) in [5.41, 5.74) is 0.576. The van der Waals surface area contributed by atoms with E-state index in [9.17, 15) is 9.59 Å². The molecule has 2 unspecified atom stereocenters. The fourth-order valence-corrected chi connectivity index (χ4v) is 4.34. The van der Waals surface area contributed by atoms with Crippen molar-refractivity contribution in [3.63, 3.8) is 0 Å². The number of hydrogen-bond donors (Lipinski definition) is 1. The van der Waals surface area contributed by atoms with Crippen molar-refractivity contribution >= 4 is 62.5 Å². The molecule has 0 saturated heterocycles. The summed E-state index contributed by atoms with van der Waals surface area (Å²) in [5, 5.41) is 4.35. The van der Waals surface area contributed by atoms with E-state index < -0.39 is 6.04 Å². The van der Waals surface area contributed by atoms with E-state index in [2.05, 4.69) is 21.2 Å². The number of nitrogens with zero attached hydrogens (tertiary/aromatic N) is 1. The minimum absolute atomic E-state index is 0.0151. The fraction of sp³-hybridized carbons (Fsp3) is 0.391. The molecule has 9 heteroatoms. The first kappa shape index (κ1) is 26.8. The molecular weight excluding hydrogens is 539 g/mol. The Morgan fingerprint density at radius 2 is 1.75 bits per heavy atom. The highest BCUT2D eigenvalue weighted by Gasteiger charge is 2.30. The Hall–Kier alpha value is -1.47. The number of carbonyl (C=O) groups is 2. The van der Waals surface area contributed by atoms with Gasteiger partial charge in [-0.25, -0.2) is 0 Å². The second-order valence-corrected chi connectivity index (χ2v) is 9.43. The van der Waals surface area contributed by atoms with E-state index in [0.717, 1.165) is 6.42 Å². The third kappa shape index (κ3) is 7.27. The lowest BCUT2D eigenvalue weighted by atomic mass is 10.1. The van der Waals surface area contributed by atoms with E-state index in [4.69, 9.17) is 39.5 Å². The number of rotatable bonds is 10. The topological polar surface area (TPSA) is 58.6 Å². The van der Waals surface area contributed by atoms with Crippen LogP contribution in [-0.4, -0.2) is 35.4 Å². The summed E-state index contributed by atoms with van der Waals surface area (Å²) in [6.07, 6.45) is 1.20. The molecule has 0 spiro atoms. The Balaban J connectivity index is 2.30. The van der Waals surface area contributed by atoms with Crippen molar-refractivity contribution in [1.29, 1.82) is 0 Å². The van der Waals surface area contributed by atoms with Crippen LogP contribution in [0.25, 0.3) is 0 Å². The molecule has 2 aromatic rings. The third-order valence-electron chi connectivity index (χ3n) is 5.02. The van der Waals surface area contributed by atoms with Crippen LogP contribution in [0.5, 0.6) is 5.75 Å². The van der Waals surface area contributed by atoms with Crippen LogP contribution in [0.15, 0.2) is 40.9 Å². The number of nitrogens with one attached hydrogen (secondary N) is 1. The van der Waals surface area contributed by atoms with Gasteiger partial charge in [-0.3, -0.25) is 9.59 Å². The maximum atomic E-state index is 13.3. The highest BCUT2D eigenvalue weighted by atomic mass is 79.9. The Bertz CT molecular complexity index is 938. The molecule has 2 aromatic carbocycles. The summed E-state index contributed by atoms with van der Waals surface area (Å²) in [6, 6.07) is 9.43. The molecule has 0 saturated carbocycles. The number of benzene rings is 2. The second kappa shape index (κ2) is 12.7. The van der Waals surface area contributed by atoms with Crippen LogP contribution in [0, 0.1) is 0 Å². The van der Waals surface area contributed by atoms with E-state index in [1.807, 2.05) is 20.8 Å². The normalized spacial score (nSPS) is 12.7. The fourth-order valence-electron chi connectivity index (χ4n) is 3.03. The molecular formula is C23H26BrCl3N2O3. The van der Waals surface area contributed by atoms with E-state index in [0.29, 0.717) is 37.3 Å². The predicted molar refractivity (Wildman–Crippen MR) is 134 cm³/mol.